The minimum Gasteiger partial charge on any atom is -0.363 e. The minimum absolute atomic E-state index is 0.161. The molecule has 0 amide bonds. The molecule has 2 aromatic rings. The van der Waals surface area contributed by atoms with Crippen LogP contribution in [0.15, 0.2) is 10.7 Å². The Morgan fingerprint density at radius 2 is 2.14 bits per heavy atom. The van der Waals surface area contributed by atoms with Crippen molar-refractivity contribution < 1.29 is 9.26 Å². The second-order valence-corrected chi connectivity index (χ2v) is 5.63. The van der Waals surface area contributed by atoms with E-state index in [4.69, 9.17) is 9.26 Å². The average molecular weight is 291 g/mol. The lowest BCUT2D eigenvalue weighted by atomic mass is 10.2. The Hall–Kier alpha value is -1.73. The van der Waals surface area contributed by atoms with E-state index in [-0.39, 0.29) is 12.2 Å². The summed E-state index contributed by atoms with van der Waals surface area (Å²) in [4.78, 5) is 6.72. The van der Waals surface area contributed by atoms with Crippen LogP contribution in [0.2, 0.25) is 0 Å². The van der Waals surface area contributed by atoms with Gasteiger partial charge in [-0.3, -0.25) is 4.68 Å². The van der Waals surface area contributed by atoms with Crippen LogP contribution < -0.4 is 0 Å². The van der Waals surface area contributed by atoms with Gasteiger partial charge in [-0.2, -0.15) is 10.1 Å². The Morgan fingerprint density at radius 3 is 2.86 bits per heavy atom. The van der Waals surface area contributed by atoms with E-state index in [2.05, 4.69) is 41.0 Å². The summed E-state index contributed by atoms with van der Waals surface area (Å²) in [6.45, 7) is 5.80. The van der Waals surface area contributed by atoms with Gasteiger partial charge < -0.3 is 14.2 Å². The first-order chi connectivity index (χ1) is 10.1. The van der Waals surface area contributed by atoms with Crippen LogP contribution in [0, 0.1) is 0 Å². The zero-order valence-electron chi connectivity index (χ0n) is 12.9. The highest BCUT2D eigenvalue weighted by atomic mass is 16.5. The van der Waals surface area contributed by atoms with Crippen molar-refractivity contribution in [2.45, 2.75) is 32.5 Å². The molecule has 2 aromatic heterocycles. The summed E-state index contributed by atoms with van der Waals surface area (Å²) in [5.41, 5.74) is 1.90. The highest BCUT2D eigenvalue weighted by Gasteiger charge is 2.29. The SMILES string of the molecule is CCc1nn(C)cc1-c1noc([C@H]2CN(C)C[C@@H](C)O2)n1. The molecule has 2 atom stereocenters. The average Bonchev–Trinajstić information content (AvgIpc) is 3.03. The number of morpholine rings is 1. The summed E-state index contributed by atoms with van der Waals surface area (Å²) in [5.74, 6) is 1.12. The summed E-state index contributed by atoms with van der Waals surface area (Å²) >= 11 is 0. The van der Waals surface area contributed by atoms with Gasteiger partial charge in [-0.15, -0.1) is 0 Å². The van der Waals surface area contributed by atoms with Crippen LogP contribution in [0.5, 0.6) is 0 Å². The maximum absolute atomic E-state index is 5.89. The van der Waals surface area contributed by atoms with E-state index < -0.39 is 0 Å². The van der Waals surface area contributed by atoms with Crippen LogP contribution in [-0.4, -0.2) is 51.1 Å². The number of aromatic nitrogens is 4. The van der Waals surface area contributed by atoms with Gasteiger partial charge in [0.2, 0.25) is 5.82 Å². The van der Waals surface area contributed by atoms with Crippen molar-refractivity contribution >= 4 is 0 Å². The molecule has 21 heavy (non-hydrogen) atoms. The van der Waals surface area contributed by atoms with Crippen molar-refractivity contribution in [1.82, 2.24) is 24.8 Å². The predicted octanol–water partition coefficient (Wildman–Crippen LogP) is 1.42. The molecule has 3 heterocycles. The molecule has 0 radical (unpaired) electrons. The van der Waals surface area contributed by atoms with Crippen molar-refractivity contribution in [3.8, 4) is 11.4 Å². The van der Waals surface area contributed by atoms with E-state index in [1.54, 1.807) is 4.68 Å². The molecule has 0 spiro atoms. The standard InChI is InChI=1S/C14H21N5O2/c1-5-11-10(7-19(4)16-11)13-15-14(21-17-13)12-8-18(3)6-9(2)20-12/h7,9,12H,5-6,8H2,1-4H3/t9-,12-/m1/s1. The van der Waals surface area contributed by atoms with Gasteiger partial charge >= 0.3 is 0 Å². The molecule has 114 valence electrons. The summed E-state index contributed by atoms with van der Waals surface area (Å²) in [5, 5.41) is 8.50. The van der Waals surface area contributed by atoms with Crippen LogP contribution in [0.3, 0.4) is 0 Å². The molecule has 0 aromatic carbocycles. The van der Waals surface area contributed by atoms with Gasteiger partial charge in [-0.05, 0) is 20.4 Å². The highest BCUT2D eigenvalue weighted by Crippen LogP contribution is 2.26. The largest absolute Gasteiger partial charge is 0.363 e. The Kier molecular flexibility index (Phi) is 3.77. The van der Waals surface area contributed by atoms with E-state index in [0.29, 0.717) is 11.7 Å². The molecule has 1 aliphatic heterocycles. The molecule has 3 rings (SSSR count). The Bertz CT molecular complexity index is 611. The van der Waals surface area contributed by atoms with Gasteiger partial charge in [0, 0.05) is 26.3 Å². The molecule has 0 unspecified atom stereocenters. The number of hydrogen-bond donors (Lipinski definition) is 0. The van der Waals surface area contributed by atoms with Crippen LogP contribution in [0.4, 0.5) is 0 Å². The molecule has 7 nitrogen and oxygen atoms in total. The van der Waals surface area contributed by atoms with Crippen molar-refractivity contribution in [1.29, 1.82) is 0 Å². The van der Waals surface area contributed by atoms with Crippen LogP contribution in [-0.2, 0) is 18.2 Å². The van der Waals surface area contributed by atoms with Gasteiger partial charge in [0.1, 0.15) is 6.10 Å². The third-order valence-electron chi connectivity index (χ3n) is 3.64. The first-order valence-corrected chi connectivity index (χ1v) is 7.27. The monoisotopic (exact) mass is 291 g/mol. The topological polar surface area (TPSA) is 69.2 Å². The Balaban J connectivity index is 1.86. The van der Waals surface area contributed by atoms with E-state index in [1.807, 2.05) is 13.2 Å². The van der Waals surface area contributed by atoms with Crippen molar-refractivity contribution in [2.24, 2.45) is 7.05 Å². The maximum Gasteiger partial charge on any atom is 0.257 e. The molecule has 0 bridgehead atoms. The molecular weight excluding hydrogens is 270 g/mol. The Labute approximate surface area is 123 Å². The van der Waals surface area contributed by atoms with Gasteiger partial charge in [0.25, 0.3) is 5.89 Å². The fourth-order valence-corrected chi connectivity index (χ4v) is 2.76. The smallest absolute Gasteiger partial charge is 0.257 e. The molecule has 0 saturated carbocycles. The van der Waals surface area contributed by atoms with Crippen molar-refractivity contribution in [2.75, 3.05) is 20.1 Å². The predicted molar refractivity (Wildman–Crippen MR) is 76.7 cm³/mol. The maximum atomic E-state index is 5.89. The fraction of sp³-hybridized carbons (Fsp3) is 0.643. The number of nitrogens with zero attached hydrogens (tertiary/aromatic N) is 5. The lowest BCUT2D eigenvalue weighted by Crippen LogP contribution is -2.40. The molecule has 1 fully saturated rings. The minimum atomic E-state index is -0.165. The van der Waals surface area contributed by atoms with E-state index in [1.165, 1.54) is 0 Å². The Morgan fingerprint density at radius 1 is 1.33 bits per heavy atom. The van der Waals surface area contributed by atoms with Gasteiger partial charge in [0.15, 0.2) is 0 Å². The summed E-state index contributed by atoms with van der Waals surface area (Å²) in [7, 11) is 3.96. The van der Waals surface area contributed by atoms with Gasteiger partial charge in [-0.25, -0.2) is 0 Å². The van der Waals surface area contributed by atoms with E-state index in [9.17, 15) is 0 Å². The molecule has 1 aliphatic rings. The van der Waals surface area contributed by atoms with Crippen LogP contribution in [0.25, 0.3) is 11.4 Å². The van der Waals surface area contributed by atoms with Crippen LogP contribution in [0.1, 0.15) is 31.5 Å². The first kappa shape index (κ1) is 14.2. The summed E-state index contributed by atoms with van der Waals surface area (Å²) in [6, 6.07) is 0. The molecule has 1 saturated heterocycles. The zero-order chi connectivity index (χ0) is 15.0. The number of rotatable bonds is 3. The van der Waals surface area contributed by atoms with Gasteiger partial charge in [0.05, 0.1) is 17.4 Å². The van der Waals surface area contributed by atoms with Gasteiger partial charge in [-0.1, -0.05) is 12.1 Å². The highest BCUT2D eigenvalue weighted by molar-refractivity contribution is 5.56. The number of aryl methyl sites for hydroxylation is 2. The number of ether oxygens (including phenoxy) is 1. The number of hydrogen-bond acceptors (Lipinski definition) is 6. The third kappa shape index (κ3) is 2.84. The third-order valence-corrected chi connectivity index (χ3v) is 3.64. The first-order valence-electron chi connectivity index (χ1n) is 7.27. The lowest BCUT2D eigenvalue weighted by Gasteiger charge is -2.32. The fourth-order valence-electron chi connectivity index (χ4n) is 2.76. The van der Waals surface area contributed by atoms with E-state index >= 15 is 0 Å². The molecule has 7 heteroatoms. The van der Waals surface area contributed by atoms with Crippen LogP contribution >= 0.6 is 0 Å². The van der Waals surface area contributed by atoms with Crippen molar-refractivity contribution in [3.05, 3.63) is 17.8 Å². The number of likely N-dealkylation sites (N-methyl/N-ethyl adjacent to an activating group) is 1. The quantitative estimate of drug-likeness (QED) is 0.852. The summed E-state index contributed by atoms with van der Waals surface area (Å²) in [6.07, 6.45) is 2.75. The lowest BCUT2D eigenvalue weighted by molar-refractivity contribution is -0.0838. The second-order valence-electron chi connectivity index (χ2n) is 5.63. The zero-order valence-corrected chi connectivity index (χ0v) is 12.9. The molecule has 0 aliphatic carbocycles. The van der Waals surface area contributed by atoms with Crippen molar-refractivity contribution in [3.63, 3.8) is 0 Å². The molecule has 0 N–H and O–H groups in total. The second kappa shape index (κ2) is 5.57. The van der Waals surface area contributed by atoms with E-state index in [0.717, 1.165) is 30.8 Å². The summed E-state index contributed by atoms with van der Waals surface area (Å²) < 4.78 is 13.1. The molecular formula is C14H21N5O2. The normalized spacial score (nSPS) is 23.6.